The molecule has 1 unspecified atom stereocenters. The summed E-state index contributed by atoms with van der Waals surface area (Å²) in [6, 6.07) is 0. The third kappa shape index (κ3) is 4.12. The molecule has 0 saturated carbocycles. The van der Waals surface area contributed by atoms with Crippen molar-refractivity contribution in [2.24, 2.45) is 21.0 Å². The van der Waals surface area contributed by atoms with E-state index in [9.17, 15) is 0 Å². The van der Waals surface area contributed by atoms with Crippen molar-refractivity contribution in [1.29, 1.82) is 0 Å². The van der Waals surface area contributed by atoms with Crippen LogP contribution in [0.2, 0.25) is 0 Å². The van der Waals surface area contributed by atoms with Gasteiger partial charge in [-0.3, -0.25) is 21.7 Å². The highest BCUT2D eigenvalue weighted by Crippen LogP contribution is 1.95. The highest BCUT2D eigenvalue weighted by atomic mass is 15.4. The first-order valence-corrected chi connectivity index (χ1v) is 5.68. The fraction of sp³-hybridized carbons (Fsp3) is 0.100. The number of aliphatic imine (C=N–C) groups is 1. The summed E-state index contributed by atoms with van der Waals surface area (Å²) < 4.78 is 0. The van der Waals surface area contributed by atoms with Crippen molar-refractivity contribution in [2.45, 2.75) is 6.17 Å². The molecule has 1 atom stereocenters. The molecule has 1 aromatic rings. The summed E-state index contributed by atoms with van der Waals surface area (Å²) in [6.45, 7) is 0. The second kappa shape index (κ2) is 7.56. The second-order valence-corrected chi connectivity index (χ2v) is 3.47. The van der Waals surface area contributed by atoms with Crippen LogP contribution >= 0.6 is 0 Å². The lowest BCUT2D eigenvalue weighted by molar-refractivity contribution is 0.578. The van der Waals surface area contributed by atoms with Crippen LogP contribution in [0.4, 0.5) is 5.82 Å². The zero-order valence-electron chi connectivity index (χ0n) is 10.4. The summed E-state index contributed by atoms with van der Waals surface area (Å²) in [5, 5.41) is 10.8. The zero-order valence-corrected chi connectivity index (χ0v) is 10.4. The summed E-state index contributed by atoms with van der Waals surface area (Å²) in [7, 11) is 0. The number of hydrazone groups is 2. The van der Waals surface area contributed by atoms with E-state index in [0.717, 1.165) is 0 Å². The van der Waals surface area contributed by atoms with Gasteiger partial charge in [-0.15, -0.1) is 0 Å². The highest BCUT2D eigenvalue weighted by molar-refractivity contribution is 6.16. The van der Waals surface area contributed by atoms with Gasteiger partial charge in [-0.25, -0.2) is 15.4 Å². The van der Waals surface area contributed by atoms with Crippen molar-refractivity contribution in [3.8, 4) is 0 Å². The van der Waals surface area contributed by atoms with Crippen LogP contribution in [0.1, 0.15) is 0 Å². The second-order valence-electron chi connectivity index (χ2n) is 3.47. The number of rotatable bonds is 5. The Morgan fingerprint density at radius 2 is 2.10 bits per heavy atom. The number of nitrogens with one attached hydrogen (secondary N) is 4. The first-order chi connectivity index (χ1) is 9.90. The molecule has 2 heterocycles. The SMILES string of the molecule is NNC1NC=CN=C1N/N=C/C=N/Nc1cnccn1. The van der Waals surface area contributed by atoms with Crippen molar-refractivity contribution in [1.82, 2.24) is 26.1 Å². The largest absolute Gasteiger partial charge is 0.367 e. The van der Waals surface area contributed by atoms with Crippen LogP contribution < -0.4 is 27.4 Å². The lowest BCUT2D eigenvalue weighted by Gasteiger charge is -2.19. The molecule has 1 aliphatic rings. The fourth-order valence-corrected chi connectivity index (χ4v) is 1.26. The molecule has 10 nitrogen and oxygen atoms in total. The number of anilines is 1. The Labute approximate surface area is 115 Å². The minimum absolute atomic E-state index is 0.313. The topological polar surface area (TPSA) is 137 Å². The normalized spacial score (nSPS) is 18.1. The Balaban J connectivity index is 1.76. The molecule has 0 amide bonds. The summed E-state index contributed by atoms with van der Waals surface area (Å²) >= 11 is 0. The molecule has 0 radical (unpaired) electrons. The van der Waals surface area contributed by atoms with Gasteiger partial charge in [-0.2, -0.15) is 10.2 Å². The molecule has 0 fully saturated rings. The number of amidine groups is 1. The number of nitrogens with zero attached hydrogens (tertiary/aromatic N) is 5. The van der Waals surface area contributed by atoms with Gasteiger partial charge in [-0.1, -0.05) is 0 Å². The third-order valence-corrected chi connectivity index (χ3v) is 2.13. The van der Waals surface area contributed by atoms with Crippen molar-refractivity contribution in [3.63, 3.8) is 0 Å². The van der Waals surface area contributed by atoms with E-state index < -0.39 is 0 Å². The van der Waals surface area contributed by atoms with E-state index in [1.807, 2.05) is 0 Å². The number of hydrazine groups is 1. The van der Waals surface area contributed by atoms with Gasteiger partial charge >= 0.3 is 0 Å². The maximum atomic E-state index is 5.34. The number of aromatic nitrogens is 2. The van der Waals surface area contributed by atoms with Crippen LogP contribution in [-0.2, 0) is 0 Å². The van der Waals surface area contributed by atoms with Gasteiger partial charge in [0.05, 0.1) is 18.6 Å². The average molecular weight is 274 g/mol. The number of hydrogen-bond donors (Lipinski definition) is 5. The molecule has 104 valence electrons. The quantitative estimate of drug-likeness (QED) is 0.256. The molecular formula is C10H14N10. The van der Waals surface area contributed by atoms with Gasteiger partial charge in [0.1, 0.15) is 0 Å². The highest BCUT2D eigenvalue weighted by Gasteiger charge is 2.13. The van der Waals surface area contributed by atoms with Crippen molar-refractivity contribution >= 4 is 24.1 Å². The standard InChI is InChI=1S/C10H14N10/c11-18-9-10(15-4-3-14-9)20-17-6-5-16-19-8-7-12-1-2-13-8/h1-7,9,14,18H,11H2,(H,13,19)(H,15,20)/b16-5+,17-6+. The predicted octanol–water partition coefficient (Wildman–Crippen LogP) is -1.29. The fourth-order valence-electron chi connectivity index (χ4n) is 1.26. The van der Waals surface area contributed by atoms with Gasteiger partial charge in [0.15, 0.2) is 17.8 Å². The van der Waals surface area contributed by atoms with Crippen molar-refractivity contribution in [3.05, 3.63) is 31.0 Å². The van der Waals surface area contributed by atoms with Crippen molar-refractivity contribution < 1.29 is 0 Å². The Kier molecular flexibility index (Phi) is 5.13. The summed E-state index contributed by atoms with van der Waals surface area (Å²) in [5.41, 5.74) is 7.97. The minimum atomic E-state index is -0.313. The Morgan fingerprint density at radius 1 is 1.25 bits per heavy atom. The predicted molar refractivity (Wildman–Crippen MR) is 76.6 cm³/mol. The number of nitrogens with two attached hydrogens (primary N) is 1. The maximum absolute atomic E-state index is 5.34. The van der Waals surface area contributed by atoms with E-state index >= 15 is 0 Å². The van der Waals surface area contributed by atoms with Crippen LogP contribution in [0, 0.1) is 0 Å². The molecule has 0 bridgehead atoms. The Bertz CT molecular complexity index is 520. The van der Waals surface area contributed by atoms with Crippen molar-refractivity contribution in [2.75, 3.05) is 5.43 Å². The van der Waals surface area contributed by atoms with Crippen LogP contribution in [0.5, 0.6) is 0 Å². The van der Waals surface area contributed by atoms with E-state index in [1.165, 1.54) is 12.4 Å². The van der Waals surface area contributed by atoms with Crippen LogP contribution in [0.25, 0.3) is 0 Å². The van der Waals surface area contributed by atoms with Gasteiger partial charge < -0.3 is 5.32 Å². The molecule has 0 spiro atoms. The van der Waals surface area contributed by atoms with Crippen LogP contribution in [-0.4, -0.2) is 34.4 Å². The minimum Gasteiger partial charge on any atom is -0.367 e. The molecule has 1 aromatic heterocycles. The average Bonchev–Trinajstić information content (AvgIpc) is 2.52. The third-order valence-electron chi connectivity index (χ3n) is 2.13. The Hall–Kier alpha value is -2.85. The van der Waals surface area contributed by atoms with Crippen LogP contribution in [0.3, 0.4) is 0 Å². The molecule has 0 saturated heterocycles. The summed E-state index contributed by atoms with van der Waals surface area (Å²) in [5.74, 6) is 6.43. The van der Waals surface area contributed by atoms with Crippen LogP contribution in [0.15, 0.2) is 46.2 Å². The lowest BCUT2D eigenvalue weighted by atomic mass is 10.4. The molecule has 1 aliphatic heterocycles. The van der Waals surface area contributed by atoms with E-state index in [1.54, 1.807) is 31.0 Å². The summed E-state index contributed by atoms with van der Waals surface area (Å²) in [6.07, 6.45) is 10.6. The van der Waals surface area contributed by atoms with Gasteiger partial charge in [0, 0.05) is 24.8 Å². The maximum Gasteiger partial charge on any atom is 0.164 e. The molecule has 6 N–H and O–H groups in total. The van der Waals surface area contributed by atoms with E-state index in [0.29, 0.717) is 11.7 Å². The Morgan fingerprint density at radius 3 is 2.85 bits per heavy atom. The van der Waals surface area contributed by atoms with Gasteiger partial charge in [-0.05, 0) is 0 Å². The van der Waals surface area contributed by atoms with E-state index in [-0.39, 0.29) is 6.17 Å². The number of hydrogen-bond acceptors (Lipinski definition) is 10. The van der Waals surface area contributed by atoms with E-state index in [4.69, 9.17) is 5.84 Å². The molecule has 20 heavy (non-hydrogen) atoms. The molecule has 0 aromatic carbocycles. The zero-order chi connectivity index (χ0) is 14.0. The first kappa shape index (κ1) is 13.6. The summed E-state index contributed by atoms with van der Waals surface area (Å²) in [4.78, 5) is 11.9. The van der Waals surface area contributed by atoms with E-state index in [2.05, 4.69) is 46.8 Å². The molecule has 0 aliphatic carbocycles. The smallest absolute Gasteiger partial charge is 0.164 e. The first-order valence-electron chi connectivity index (χ1n) is 5.68. The van der Waals surface area contributed by atoms with Gasteiger partial charge in [0.2, 0.25) is 0 Å². The lowest BCUT2D eigenvalue weighted by Crippen LogP contribution is -2.54. The molecular weight excluding hydrogens is 260 g/mol. The molecule has 10 heteroatoms. The monoisotopic (exact) mass is 274 g/mol. The van der Waals surface area contributed by atoms with Gasteiger partial charge in [0.25, 0.3) is 0 Å². The molecule has 2 rings (SSSR count).